The van der Waals surface area contributed by atoms with Crippen LogP contribution in [-0.4, -0.2) is 41.3 Å². The Labute approximate surface area is 149 Å². The number of nitrogens with zero attached hydrogens (tertiary/aromatic N) is 2. The molecule has 0 atom stereocenters. The lowest BCUT2D eigenvalue weighted by Crippen LogP contribution is -2.44. The van der Waals surface area contributed by atoms with Crippen LogP contribution in [0, 0.1) is 6.92 Å². The van der Waals surface area contributed by atoms with E-state index < -0.39 is 0 Å². The first-order valence-electron chi connectivity index (χ1n) is 9.59. The smallest absolute Gasteiger partial charge is 0.137 e. The molecule has 0 radical (unpaired) electrons. The van der Waals surface area contributed by atoms with Crippen LogP contribution in [0.25, 0.3) is 10.9 Å². The number of anilines is 1. The molecule has 0 bridgehead atoms. The summed E-state index contributed by atoms with van der Waals surface area (Å²) in [4.78, 5) is 8.88. The molecular weight excluding hydrogens is 312 g/mol. The zero-order chi connectivity index (χ0) is 17.1. The minimum Gasteiger partial charge on any atom is -0.381 e. The largest absolute Gasteiger partial charge is 0.381 e. The van der Waals surface area contributed by atoms with Gasteiger partial charge in [0.1, 0.15) is 12.1 Å². The van der Waals surface area contributed by atoms with Gasteiger partial charge >= 0.3 is 0 Å². The van der Waals surface area contributed by atoms with E-state index in [1.807, 2.05) is 0 Å². The van der Waals surface area contributed by atoms with Gasteiger partial charge < -0.3 is 15.4 Å². The Morgan fingerprint density at radius 2 is 1.64 bits per heavy atom. The van der Waals surface area contributed by atoms with Crippen LogP contribution in [0.15, 0.2) is 24.5 Å². The highest BCUT2D eigenvalue weighted by molar-refractivity contribution is 5.89. The Morgan fingerprint density at radius 3 is 2.44 bits per heavy atom. The highest BCUT2D eigenvalue weighted by Crippen LogP contribution is 2.26. The molecule has 2 aliphatic rings. The van der Waals surface area contributed by atoms with Crippen LogP contribution in [0.4, 0.5) is 5.82 Å². The van der Waals surface area contributed by atoms with Crippen LogP contribution < -0.4 is 10.6 Å². The van der Waals surface area contributed by atoms with Crippen LogP contribution in [-0.2, 0) is 4.74 Å². The number of aromatic nitrogens is 2. The van der Waals surface area contributed by atoms with E-state index in [4.69, 9.17) is 4.74 Å². The molecule has 2 heterocycles. The first-order valence-corrected chi connectivity index (χ1v) is 9.59. The second-order valence-corrected chi connectivity index (χ2v) is 7.49. The normalized spacial score (nSPS) is 25.2. The van der Waals surface area contributed by atoms with E-state index in [2.05, 4.69) is 45.7 Å². The Morgan fingerprint density at radius 1 is 0.920 bits per heavy atom. The zero-order valence-corrected chi connectivity index (χ0v) is 15.0. The quantitative estimate of drug-likeness (QED) is 0.893. The molecule has 0 unspecified atom stereocenters. The Balaban J connectivity index is 1.35. The molecule has 2 fully saturated rings. The van der Waals surface area contributed by atoms with Gasteiger partial charge in [-0.25, -0.2) is 9.97 Å². The fraction of sp³-hybridized carbons (Fsp3) is 0.600. The van der Waals surface area contributed by atoms with Crippen molar-refractivity contribution in [3.05, 3.63) is 30.1 Å². The lowest BCUT2D eigenvalue weighted by atomic mass is 9.90. The van der Waals surface area contributed by atoms with Crippen molar-refractivity contribution in [3.63, 3.8) is 0 Å². The molecular formula is C20H28N4O. The number of fused-ring (bicyclic) bond motifs is 1. The standard InChI is InChI=1S/C20H28N4O/c1-14-2-7-19-18(12-14)20(22-13-21-19)24-16-5-3-15(4-6-16)23-17-8-10-25-11-9-17/h2,7,12-13,15-17,23H,3-6,8-11H2,1H3,(H,21,22,24). The van der Waals surface area contributed by atoms with Crippen LogP contribution in [0.2, 0.25) is 0 Å². The van der Waals surface area contributed by atoms with Gasteiger partial charge in [-0.15, -0.1) is 0 Å². The molecule has 0 spiro atoms. The van der Waals surface area contributed by atoms with Crippen molar-refractivity contribution in [3.8, 4) is 0 Å². The maximum atomic E-state index is 5.45. The van der Waals surface area contributed by atoms with Crippen molar-refractivity contribution in [2.75, 3.05) is 18.5 Å². The molecule has 134 valence electrons. The average molecular weight is 340 g/mol. The van der Waals surface area contributed by atoms with Gasteiger partial charge in [-0.3, -0.25) is 0 Å². The van der Waals surface area contributed by atoms with E-state index in [1.165, 1.54) is 31.2 Å². The molecule has 1 saturated heterocycles. The van der Waals surface area contributed by atoms with Gasteiger partial charge in [-0.1, -0.05) is 11.6 Å². The molecule has 4 rings (SSSR count). The van der Waals surface area contributed by atoms with Gasteiger partial charge in [0.05, 0.1) is 5.52 Å². The van der Waals surface area contributed by atoms with Crippen molar-refractivity contribution in [1.82, 2.24) is 15.3 Å². The fourth-order valence-electron chi connectivity index (χ4n) is 4.08. The van der Waals surface area contributed by atoms with E-state index in [-0.39, 0.29) is 0 Å². The van der Waals surface area contributed by atoms with Crippen molar-refractivity contribution in [2.45, 2.75) is 63.6 Å². The number of ether oxygens (including phenoxy) is 1. The van der Waals surface area contributed by atoms with Gasteiger partial charge in [0.2, 0.25) is 0 Å². The summed E-state index contributed by atoms with van der Waals surface area (Å²) in [5.41, 5.74) is 2.26. The van der Waals surface area contributed by atoms with Gasteiger partial charge in [0.25, 0.3) is 0 Å². The summed E-state index contributed by atoms with van der Waals surface area (Å²) in [7, 11) is 0. The van der Waals surface area contributed by atoms with Crippen LogP contribution in [0.3, 0.4) is 0 Å². The Kier molecular flexibility index (Phi) is 5.13. The van der Waals surface area contributed by atoms with Gasteiger partial charge in [0.15, 0.2) is 0 Å². The first-order chi connectivity index (χ1) is 12.3. The number of nitrogens with one attached hydrogen (secondary N) is 2. The number of aryl methyl sites for hydroxylation is 1. The number of benzene rings is 1. The third kappa shape index (κ3) is 4.10. The fourth-order valence-corrected chi connectivity index (χ4v) is 4.08. The molecule has 2 N–H and O–H groups in total. The molecule has 25 heavy (non-hydrogen) atoms. The molecule has 1 aliphatic heterocycles. The van der Waals surface area contributed by atoms with Gasteiger partial charge in [-0.05, 0) is 57.6 Å². The second-order valence-electron chi connectivity index (χ2n) is 7.49. The van der Waals surface area contributed by atoms with E-state index in [1.54, 1.807) is 6.33 Å². The molecule has 1 aliphatic carbocycles. The Bertz CT molecular complexity index is 706. The van der Waals surface area contributed by atoms with E-state index in [0.717, 1.165) is 42.8 Å². The lowest BCUT2D eigenvalue weighted by molar-refractivity contribution is 0.0730. The highest BCUT2D eigenvalue weighted by Gasteiger charge is 2.24. The summed E-state index contributed by atoms with van der Waals surface area (Å²) in [6.45, 7) is 3.94. The SMILES string of the molecule is Cc1ccc2ncnc(NC3CCC(NC4CCOCC4)CC3)c2c1. The minimum absolute atomic E-state index is 0.506. The van der Waals surface area contributed by atoms with E-state index >= 15 is 0 Å². The van der Waals surface area contributed by atoms with E-state index in [0.29, 0.717) is 18.1 Å². The van der Waals surface area contributed by atoms with Crippen LogP contribution in [0.5, 0.6) is 0 Å². The summed E-state index contributed by atoms with van der Waals surface area (Å²) in [5, 5.41) is 8.65. The predicted molar refractivity (Wildman–Crippen MR) is 101 cm³/mol. The summed E-state index contributed by atoms with van der Waals surface area (Å²) in [6.07, 6.45) is 8.83. The molecule has 1 aromatic carbocycles. The second kappa shape index (κ2) is 7.67. The Hall–Kier alpha value is -1.72. The third-order valence-corrected chi connectivity index (χ3v) is 5.55. The topological polar surface area (TPSA) is 59.1 Å². The van der Waals surface area contributed by atoms with E-state index in [9.17, 15) is 0 Å². The summed E-state index contributed by atoms with van der Waals surface area (Å²) < 4.78 is 5.45. The number of hydrogen-bond donors (Lipinski definition) is 2. The van der Waals surface area contributed by atoms with Gasteiger partial charge in [-0.2, -0.15) is 0 Å². The molecule has 0 amide bonds. The summed E-state index contributed by atoms with van der Waals surface area (Å²) >= 11 is 0. The summed E-state index contributed by atoms with van der Waals surface area (Å²) in [6, 6.07) is 8.17. The predicted octanol–water partition coefficient (Wildman–Crippen LogP) is 3.43. The molecule has 1 aromatic heterocycles. The molecule has 5 nitrogen and oxygen atoms in total. The third-order valence-electron chi connectivity index (χ3n) is 5.55. The zero-order valence-electron chi connectivity index (χ0n) is 15.0. The first kappa shape index (κ1) is 16.7. The average Bonchev–Trinajstić information content (AvgIpc) is 2.65. The minimum atomic E-state index is 0.506. The molecule has 2 aromatic rings. The van der Waals surface area contributed by atoms with Crippen molar-refractivity contribution in [2.24, 2.45) is 0 Å². The van der Waals surface area contributed by atoms with Crippen molar-refractivity contribution < 1.29 is 4.74 Å². The number of hydrogen-bond acceptors (Lipinski definition) is 5. The highest BCUT2D eigenvalue weighted by atomic mass is 16.5. The maximum absolute atomic E-state index is 5.45. The molecule has 1 saturated carbocycles. The van der Waals surface area contributed by atoms with Crippen molar-refractivity contribution >= 4 is 16.7 Å². The lowest BCUT2D eigenvalue weighted by Gasteiger charge is -2.34. The molecule has 5 heteroatoms. The summed E-state index contributed by atoms with van der Waals surface area (Å²) in [5.74, 6) is 0.981. The van der Waals surface area contributed by atoms with Crippen molar-refractivity contribution in [1.29, 1.82) is 0 Å². The maximum Gasteiger partial charge on any atom is 0.137 e. The number of rotatable bonds is 4. The van der Waals surface area contributed by atoms with Crippen LogP contribution in [0.1, 0.15) is 44.1 Å². The van der Waals surface area contributed by atoms with Gasteiger partial charge in [0, 0.05) is 36.7 Å². The monoisotopic (exact) mass is 340 g/mol. The van der Waals surface area contributed by atoms with Crippen LogP contribution >= 0.6 is 0 Å².